The number of hydrogen-bond acceptors (Lipinski definition) is 9. The van der Waals surface area contributed by atoms with Crippen molar-refractivity contribution in [3.8, 4) is 17.1 Å². The maximum Gasteiger partial charge on any atom is 0.341 e. The van der Waals surface area contributed by atoms with Gasteiger partial charge in [-0.25, -0.2) is 9.47 Å². The molecule has 3 rings (SSSR count). The van der Waals surface area contributed by atoms with Crippen molar-refractivity contribution in [3.63, 3.8) is 0 Å². The number of nitrogen functional groups attached to an aromatic ring is 1. The van der Waals surface area contributed by atoms with Crippen LogP contribution in [0.3, 0.4) is 0 Å². The lowest BCUT2D eigenvalue weighted by atomic mass is 10.1. The molecule has 0 aliphatic heterocycles. The number of carbonyl (C=O) groups excluding carboxylic acids is 2. The normalized spacial score (nSPS) is 10.8. The van der Waals surface area contributed by atoms with Gasteiger partial charge in [0.05, 0.1) is 25.0 Å². The summed E-state index contributed by atoms with van der Waals surface area (Å²) in [6.45, 7) is 5.88. The Kier molecular flexibility index (Phi) is 7.75. The Balaban J connectivity index is 1.69. The molecular weight excluding hydrogens is 450 g/mol. The number of benzene rings is 1. The molecule has 1 amide bonds. The van der Waals surface area contributed by atoms with Gasteiger partial charge in [-0.2, -0.15) is 0 Å². The second kappa shape index (κ2) is 10.5. The molecule has 32 heavy (non-hydrogen) atoms. The third-order valence-electron chi connectivity index (χ3n) is 4.64. The topological polar surface area (TPSA) is 121 Å². The summed E-state index contributed by atoms with van der Waals surface area (Å²) in [6, 6.07) is 7.27. The number of nitrogens with zero attached hydrogens (tertiary/aromatic N) is 3. The summed E-state index contributed by atoms with van der Waals surface area (Å²) in [4.78, 5) is 26.0. The van der Waals surface area contributed by atoms with Gasteiger partial charge in [0.1, 0.15) is 10.8 Å². The fourth-order valence-electron chi connectivity index (χ4n) is 3.04. The second-order valence-electron chi connectivity index (χ2n) is 6.67. The molecule has 0 aliphatic carbocycles. The number of esters is 1. The quantitative estimate of drug-likeness (QED) is 0.274. The number of nitrogens with two attached hydrogens (primary N) is 1. The lowest BCUT2D eigenvalue weighted by molar-refractivity contribution is -0.113. The van der Waals surface area contributed by atoms with Crippen molar-refractivity contribution in [2.24, 2.45) is 0 Å². The third kappa shape index (κ3) is 5.05. The lowest BCUT2D eigenvalue weighted by Gasteiger charge is -2.07. The van der Waals surface area contributed by atoms with E-state index in [2.05, 4.69) is 15.5 Å². The highest BCUT2D eigenvalue weighted by atomic mass is 32.2. The first kappa shape index (κ1) is 23.6. The number of amides is 1. The molecule has 0 unspecified atom stereocenters. The predicted octanol–water partition coefficient (Wildman–Crippen LogP) is 3.51. The van der Waals surface area contributed by atoms with E-state index in [0.717, 1.165) is 39.9 Å². The molecular formula is C21H25N5O4S2. The molecule has 0 aliphatic rings. The number of methoxy groups -OCH3 is 1. The number of hydrogen-bond donors (Lipinski definition) is 2. The zero-order valence-electron chi connectivity index (χ0n) is 18.3. The highest BCUT2D eigenvalue weighted by Crippen LogP contribution is 2.34. The smallest absolute Gasteiger partial charge is 0.341 e. The maximum atomic E-state index is 12.6. The van der Waals surface area contributed by atoms with Gasteiger partial charge in [0.2, 0.25) is 11.1 Å². The Morgan fingerprint density at radius 1 is 1.22 bits per heavy atom. The van der Waals surface area contributed by atoms with E-state index in [4.69, 9.17) is 15.3 Å². The van der Waals surface area contributed by atoms with Crippen molar-refractivity contribution in [2.45, 2.75) is 32.3 Å². The number of rotatable bonds is 9. The largest absolute Gasteiger partial charge is 0.497 e. The highest BCUT2D eigenvalue weighted by molar-refractivity contribution is 7.99. The van der Waals surface area contributed by atoms with Crippen LogP contribution in [-0.4, -0.2) is 46.2 Å². The molecule has 2 heterocycles. The van der Waals surface area contributed by atoms with E-state index >= 15 is 0 Å². The molecule has 0 fully saturated rings. The molecule has 11 heteroatoms. The Bertz CT molecular complexity index is 1110. The van der Waals surface area contributed by atoms with Gasteiger partial charge in [0.15, 0.2) is 5.82 Å². The van der Waals surface area contributed by atoms with Gasteiger partial charge in [0, 0.05) is 10.4 Å². The van der Waals surface area contributed by atoms with Crippen molar-refractivity contribution in [2.75, 3.05) is 30.6 Å². The number of anilines is 1. The van der Waals surface area contributed by atoms with E-state index in [-0.39, 0.29) is 18.3 Å². The Morgan fingerprint density at radius 2 is 1.94 bits per heavy atom. The van der Waals surface area contributed by atoms with Crippen molar-refractivity contribution in [1.29, 1.82) is 0 Å². The van der Waals surface area contributed by atoms with Crippen molar-refractivity contribution in [1.82, 2.24) is 14.9 Å². The number of ether oxygens (including phenoxy) is 2. The minimum Gasteiger partial charge on any atom is -0.497 e. The summed E-state index contributed by atoms with van der Waals surface area (Å²) in [5.74, 6) is 6.67. The number of nitrogens with one attached hydrogen (secondary N) is 1. The average molecular weight is 476 g/mol. The van der Waals surface area contributed by atoms with Gasteiger partial charge in [-0.15, -0.1) is 21.5 Å². The highest BCUT2D eigenvalue weighted by Gasteiger charge is 2.23. The second-order valence-corrected chi connectivity index (χ2v) is 8.72. The molecule has 0 saturated heterocycles. The summed E-state index contributed by atoms with van der Waals surface area (Å²) >= 11 is 2.54. The van der Waals surface area contributed by atoms with Crippen LogP contribution in [0.4, 0.5) is 5.00 Å². The molecule has 3 N–H and O–H groups in total. The molecule has 0 atom stereocenters. The maximum absolute atomic E-state index is 12.6. The van der Waals surface area contributed by atoms with Gasteiger partial charge >= 0.3 is 5.97 Å². The molecule has 170 valence electrons. The number of thioether (sulfide) groups is 1. The fourth-order valence-corrected chi connectivity index (χ4v) is 4.85. The van der Waals surface area contributed by atoms with Gasteiger partial charge in [-0.05, 0) is 50.1 Å². The van der Waals surface area contributed by atoms with Crippen LogP contribution in [0.1, 0.15) is 34.6 Å². The average Bonchev–Trinajstić information content (AvgIpc) is 3.31. The van der Waals surface area contributed by atoms with Gasteiger partial charge in [0.25, 0.3) is 0 Å². The SMILES string of the molecule is CCOC(=O)c1c(NC(=O)CSc2nnc(-c3ccc(OC)cc3)n2N)sc(CC)c1C. The predicted molar refractivity (Wildman–Crippen MR) is 126 cm³/mol. The van der Waals surface area contributed by atoms with Crippen LogP contribution in [0.5, 0.6) is 5.75 Å². The Hall–Kier alpha value is -3.05. The first-order chi connectivity index (χ1) is 15.4. The lowest BCUT2D eigenvalue weighted by Crippen LogP contribution is -2.17. The molecule has 0 spiro atoms. The zero-order chi connectivity index (χ0) is 23.3. The van der Waals surface area contributed by atoms with E-state index in [1.807, 2.05) is 26.0 Å². The minimum atomic E-state index is -0.435. The van der Waals surface area contributed by atoms with Crippen LogP contribution in [0.25, 0.3) is 11.4 Å². The van der Waals surface area contributed by atoms with Crippen LogP contribution < -0.4 is 15.9 Å². The summed E-state index contributed by atoms with van der Waals surface area (Å²) in [6.07, 6.45) is 0.762. The van der Waals surface area contributed by atoms with Crippen molar-refractivity contribution < 1.29 is 19.1 Å². The molecule has 3 aromatic rings. The van der Waals surface area contributed by atoms with Crippen LogP contribution in [-0.2, 0) is 16.0 Å². The Morgan fingerprint density at radius 3 is 2.56 bits per heavy atom. The van der Waals surface area contributed by atoms with Crippen molar-refractivity contribution in [3.05, 3.63) is 40.3 Å². The third-order valence-corrected chi connectivity index (χ3v) is 6.94. The number of thiophene rings is 1. The Labute approximate surface area is 194 Å². The molecule has 2 aromatic heterocycles. The van der Waals surface area contributed by atoms with Crippen molar-refractivity contribution >= 4 is 40.0 Å². The van der Waals surface area contributed by atoms with E-state index in [0.29, 0.717) is 21.5 Å². The monoisotopic (exact) mass is 475 g/mol. The van der Waals surface area contributed by atoms with E-state index in [1.165, 1.54) is 16.0 Å². The molecule has 0 radical (unpaired) electrons. The molecule has 0 bridgehead atoms. The van der Waals surface area contributed by atoms with Crippen LogP contribution in [0, 0.1) is 6.92 Å². The van der Waals surface area contributed by atoms with E-state index in [1.54, 1.807) is 26.2 Å². The summed E-state index contributed by atoms with van der Waals surface area (Å²) in [5, 5.41) is 11.9. The fraction of sp³-hybridized carbons (Fsp3) is 0.333. The molecule has 1 aromatic carbocycles. The van der Waals surface area contributed by atoms with Gasteiger partial charge in [-0.1, -0.05) is 18.7 Å². The standard InChI is InChI=1S/C21H25N5O4S2/c1-5-15-12(3)17(20(28)30-6-2)19(32-15)23-16(27)11-31-21-25-24-18(26(21)22)13-7-9-14(29-4)10-8-13/h7-10H,5-6,11,22H2,1-4H3,(H,23,27). The number of aromatic nitrogens is 3. The molecule has 0 saturated carbocycles. The number of aryl methyl sites for hydroxylation is 1. The van der Waals surface area contributed by atoms with Crippen LogP contribution in [0.15, 0.2) is 29.4 Å². The van der Waals surface area contributed by atoms with Crippen LogP contribution >= 0.6 is 23.1 Å². The first-order valence-electron chi connectivity index (χ1n) is 9.96. The van der Waals surface area contributed by atoms with Crippen LogP contribution in [0.2, 0.25) is 0 Å². The molecule has 9 nitrogen and oxygen atoms in total. The summed E-state index contributed by atoms with van der Waals surface area (Å²) in [7, 11) is 1.59. The van der Waals surface area contributed by atoms with Gasteiger partial charge in [-0.3, -0.25) is 4.79 Å². The van der Waals surface area contributed by atoms with Gasteiger partial charge < -0.3 is 20.6 Å². The summed E-state index contributed by atoms with van der Waals surface area (Å²) in [5.41, 5.74) is 2.03. The minimum absolute atomic E-state index is 0.0542. The first-order valence-corrected chi connectivity index (χ1v) is 11.8. The number of carbonyl (C=O) groups is 2. The van der Waals surface area contributed by atoms with E-state index in [9.17, 15) is 9.59 Å². The summed E-state index contributed by atoms with van der Waals surface area (Å²) < 4.78 is 11.7. The zero-order valence-corrected chi connectivity index (χ0v) is 19.9. The van der Waals surface area contributed by atoms with E-state index < -0.39 is 5.97 Å².